The Hall–Kier alpha value is -0.730. The number of carbonyl (C=O) groups excluding carboxylic acids is 2. The molecule has 9 heteroatoms. The molecule has 5 rings (SSSR count). The fourth-order valence-corrected chi connectivity index (χ4v) is 7.37. The normalized spacial score (nSPS) is 43.6. The molecule has 0 aromatic heterocycles. The van der Waals surface area contributed by atoms with Gasteiger partial charge in [0.05, 0.1) is 17.4 Å². The van der Waals surface area contributed by atoms with Crippen LogP contribution in [0.5, 0.6) is 0 Å². The third-order valence-corrected chi connectivity index (χ3v) is 9.29. The van der Waals surface area contributed by atoms with Crippen molar-refractivity contribution in [1.29, 1.82) is 0 Å². The van der Waals surface area contributed by atoms with E-state index >= 15 is 0 Å². The van der Waals surface area contributed by atoms with Crippen molar-refractivity contribution in [2.24, 2.45) is 5.92 Å². The predicted octanol–water partition coefficient (Wildman–Crippen LogP) is 2.35. The van der Waals surface area contributed by atoms with Gasteiger partial charge in [-0.2, -0.15) is 0 Å². The summed E-state index contributed by atoms with van der Waals surface area (Å²) in [6.07, 6.45) is 7.73. The molecule has 5 fully saturated rings. The van der Waals surface area contributed by atoms with Crippen molar-refractivity contribution in [2.75, 3.05) is 12.9 Å². The number of ether oxygens (including phenoxy) is 1. The van der Waals surface area contributed by atoms with Gasteiger partial charge < -0.3 is 15.4 Å². The quantitative estimate of drug-likeness (QED) is 0.569. The maximum atomic E-state index is 13.7. The Morgan fingerprint density at radius 3 is 2.43 bits per heavy atom. The van der Waals surface area contributed by atoms with Crippen LogP contribution in [-0.2, 0) is 25.1 Å². The second kappa shape index (κ2) is 8.66. The molecule has 2 bridgehead atoms. The zero-order chi connectivity index (χ0) is 21.5. The van der Waals surface area contributed by atoms with Crippen LogP contribution in [0.2, 0.25) is 0 Å². The molecule has 0 aliphatic heterocycles. The van der Waals surface area contributed by atoms with Gasteiger partial charge >= 0.3 is 0 Å². The van der Waals surface area contributed by atoms with Crippen molar-refractivity contribution < 1.29 is 22.9 Å². The van der Waals surface area contributed by atoms with Gasteiger partial charge in [0.25, 0.3) is 0 Å². The van der Waals surface area contributed by atoms with E-state index in [1.165, 1.54) is 0 Å². The van der Waals surface area contributed by atoms with Gasteiger partial charge in [-0.3, -0.25) is 13.8 Å². The molecule has 30 heavy (non-hydrogen) atoms. The number of hydrogen-bond donors (Lipinski definition) is 2. The molecule has 0 radical (unpaired) electrons. The van der Waals surface area contributed by atoms with Crippen LogP contribution in [0.25, 0.3) is 0 Å². The van der Waals surface area contributed by atoms with Gasteiger partial charge in [-0.1, -0.05) is 12.8 Å². The van der Waals surface area contributed by atoms with Gasteiger partial charge in [0.15, 0.2) is 0 Å². The van der Waals surface area contributed by atoms with Gasteiger partial charge in [-0.05, 0) is 44.9 Å². The first-order valence-corrected chi connectivity index (χ1v) is 13.1. The highest BCUT2D eigenvalue weighted by Crippen LogP contribution is 2.60. The Labute approximate surface area is 184 Å². The highest BCUT2D eigenvalue weighted by molar-refractivity contribution is 7.84. The number of halogens is 2. The van der Waals surface area contributed by atoms with E-state index in [9.17, 15) is 18.2 Å². The summed E-state index contributed by atoms with van der Waals surface area (Å²) < 4.78 is 31.3. The molecule has 2 N–H and O–H groups in total. The first-order chi connectivity index (χ1) is 14.2. The van der Waals surface area contributed by atoms with Gasteiger partial charge in [-0.15, -0.1) is 11.6 Å². The topological polar surface area (TPSA) is 84.5 Å². The molecule has 6 nitrogen and oxygen atoms in total. The highest BCUT2D eigenvalue weighted by atomic mass is 35.5. The predicted molar refractivity (Wildman–Crippen MR) is 114 cm³/mol. The maximum Gasteiger partial charge on any atom is 0.246 e. The van der Waals surface area contributed by atoms with Crippen molar-refractivity contribution in [1.82, 2.24) is 10.6 Å². The van der Waals surface area contributed by atoms with Gasteiger partial charge in [-0.25, -0.2) is 4.39 Å². The largest absolute Gasteiger partial charge is 0.368 e. The van der Waals surface area contributed by atoms with E-state index in [1.54, 1.807) is 6.26 Å². The summed E-state index contributed by atoms with van der Waals surface area (Å²) in [5.41, 5.74) is -0.466. The van der Waals surface area contributed by atoms with Crippen LogP contribution in [-0.4, -0.2) is 62.9 Å². The lowest BCUT2D eigenvalue weighted by atomic mass is 9.44. The van der Waals surface area contributed by atoms with E-state index in [-0.39, 0.29) is 53.2 Å². The second-order valence-corrected chi connectivity index (χ2v) is 12.0. The van der Waals surface area contributed by atoms with E-state index in [1.807, 2.05) is 0 Å². The summed E-state index contributed by atoms with van der Waals surface area (Å²) in [6, 6.07) is 0. The minimum atomic E-state index is -1.08. The van der Waals surface area contributed by atoms with Crippen LogP contribution in [0, 0.1) is 5.92 Å². The Morgan fingerprint density at radius 1 is 1.10 bits per heavy atom. The molecule has 0 aromatic rings. The van der Waals surface area contributed by atoms with E-state index < -0.39 is 22.3 Å². The van der Waals surface area contributed by atoms with Crippen molar-refractivity contribution in [3.63, 3.8) is 0 Å². The lowest BCUT2D eigenvalue weighted by Gasteiger charge is -2.70. The third kappa shape index (κ3) is 4.56. The molecule has 0 spiro atoms. The first-order valence-electron chi connectivity index (χ1n) is 11.1. The van der Waals surface area contributed by atoms with E-state index in [0.717, 1.165) is 44.9 Å². The Bertz CT molecular complexity index is 703. The summed E-state index contributed by atoms with van der Waals surface area (Å²) in [4.78, 5) is 25.1. The molecule has 6 atom stereocenters. The molecule has 0 heterocycles. The molecular weight excluding hydrogens is 431 g/mol. The SMILES string of the molecule is CS(=O)C1CCCCC1C(=O)NC12CC(NC(=O)COC3CCC(Cl)C(F)C3)(C1)C2. The van der Waals surface area contributed by atoms with Crippen molar-refractivity contribution in [2.45, 2.75) is 98.2 Å². The fraction of sp³-hybridized carbons (Fsp3) is 0.905. The molecular formula is C21H32ClFN2O4S. The highest BCUT2D eigenvalue weighted by Gasteiger charge is 2.69. The van der Waals surface area contributed by atoms with Crippen LogP contribution >= 0.6 is 11.6 Å². The maximum absolute atomic E-state index is 13.7. The lowest BCUT2D eigenvalue weighted by molar-refractivity contribution is -0.155. The van der Waals surface area contributed by atoms with Crippen LogP contribution in [0.4, 0.5) is 4.39 Å². The molecule has 170 valence electrons. The Kier molecular flexibility index (Phi) is 6.48. The molecule has 6 unspecified atom stereocenters. The number of amides is 2. The summed E-state index contributed by atoms with van der Waals surface area (Å²) in [6.45, 7) is -0.0719. The summed E-state index contributed by atoms with van der Waals surface area (Å²) >= 11 is 5.88. The number of rotatable bonds is 7. The minimum Gasteiger partial charge on any atom is -0.368 e. The molecule has 5 aliphatic rings. The van der Waals surface area contributed by atoms with Crippen molar-refractivity contribution in [3.05, 3.63) is 0 Å². The number of hydrogen-bond acceptors (Lipinski definition) is 4. The van der Waals surface area contributed by atoms with Crippen LogP contribution < -0.4 is 10.6 Å². The minimum absolute atomic E-state index is 0.0218. The first kappa shape index (κ1) is 22.5. The molecule has 5 saturated carbocycles. The van der Waals surface area contributed by atoms with Crippen molar-refractivity contribution >= 4 is 34.2 Å². The Balaban J connectivity index is 1.19. The van der Waals surface area contributed by atoms with E-state index in [2.05, 4.69) is 10.6 Å². The zero-order valence-electron chi connectivity index (χ0n) is 17.5. The zero-order valence-corrected chi connectivity index (χ0v) is 19.0. The van der Waals surface area contributed by atoms with Crippen molar-refractivity contribution in [3.8, 4) is 0 Å². The van der Waals surface area contributed by atoms with Gasteiger partial charge in [0.1, 0.15) is 12.8 Å². The number of alkyl halides is 2. The number of nitrogens with one attached hydrogen (secondary N) is 2. The summed E-state index contributed by atoms with van der Waals surface area (Å²) in [7, 11) is -0.990. The average Bonchev–Trinajstić information content (AvgIpc) is 2.66. The van der Waals surface area contributed by atoms with E-state index in [0.29, 0.717) is 12.8 Å². The molecule has 5 aliphatic carbocycles. The van der Waals surface area contributed by atoms with Gasteiger partial charge in [0, 0.05) is 39.8 Å². The molecule has 2 amide bonds. The van der Waals surface area contributed by atoms with E-state index in [4.69, 9.17) is 16.3 Å². The fourth-order valence-electron chi connectivity index (χ4n) is 5.92. The van der Waals surface area contributed by atoms with Crippen LogP contribution in [0.1, 0.15) is 64.2 Å². The van der Waals surface area contributed by atoms with Crippen LogP contribution in [0.15, 0.2) is 0 Å². The second-order valence-electron chi connectivity index (χ2n) is 9.83. The average molecular weight is 463 g/mol. The Morgan fingerprint density at radius 2 is 1.77 bits per heavy atom. The monoisotopic (exact) mass is 462 g/mol. The third-order valence-electron chi connectivity index (χ3n) is 7.38. The lowest BCUT2D eigenvalue weighted by Crippen LogP contribution is -2.84. The summed E-state index contributed by atoms with van der Waals surface area (Å²) in [5, 5.41) is 5.73. The standard InChI is InChI=1S/C21H32ClFN2O4S/c1-30(28)17-5-3-2-4-14(17)19(27)25-21-10-20(11-21,12-21)24-18(26)9-29-13-6-7-15(22)16(23)8-13/h13-17H,2-12H2,1H3,(H,24,26)(H,25,27). The number of carbonyl (C=O) groups is 2. The molecule has 0 saturated heterocycles. The van der Waals surface area contributed by atoms with Gasteiger partial charge in [0.2, 0.25) is 11.8 Å². The molecule has 0 aromatic carbocycles. The van der Waals surface area contributed by atoms with Crippen LogP contribution in [0.3, 0.4) is 0 Å². The smallest absolute Gasteiger partial charge is 0.246 e. The summed E-state index contributed by atoms with van der Waals surface area (Å²) in [5.74, 6) is -0.333.